The van der Waals surface area contributed by atoms with Gasteiger partial charge in [0.05, 0.1) is 36.4 Å². The molecule has 0 aromatic rings. The van der Waals surface area contributed by atoms with Crippen molar-refractivity contribution < 1.29 is 18.4 Å². The molecule has 0 saturated carbocycles. The van der Waals surface area contributed by atoms with Crippen molar-refractivity contribution in [3.63, 3.8) is 0 Å². The van der Waals surface area contributed by atoms with E-state index < -0.39 is 48.1 Å². The van der Waals surface area contributed by atoms with Crippen LogP contribution in [-0.2, 0) is 9.59 Å². The number of piperazine rings is 1. The van der Waals surface area contributed by atoms with Gasteiger partial charge in [-0.25, -0.2) is 8.78 Å². The number of rotatable bonds is 6. The van der Waals surface area contributed by atoms with E-state index in [0.29, 0.717) is 45.4 Å². The van der Waals surface area contributed by atoms with Crippen molar-refractivity contribution in [2.24, 2.45) is 27.8 Å². The molecule has 0 bridgehead atoms. The van der Waals surface area contributed by atoms with Crippen LogP contribution in [0.15, 0.2) is 16.9 Å². The molecule has 7 atom stereocenters. The molecule has 4 rings (SSSR count). The SMILES string of the molecule is CCC1(C)C/C=C(/F)C=NC(C(C(=O)NC2CNCC(F)C2N2CCN3C(=O)CCC3C2)C(N)N)C1. The lowest BCUT2D eigenvalue weighted by Gasteiger charge is -2.47. The van der Waals surface area contributed by atoms with E-state index in [-0.39, 0.29) is 23.9 Å². The zero-order valence-electron chi connectivity index (χ0n) is 21.3. The third-order valence-corrected chi connectivity index (χ3v) is 8.63. The van der Waals surface area contributed by atoms with Gasteiger partial charge in [-0.3, -0.25) is 19.5 Å². The molecule has 4 aliphatic heterocycles. The number of nitrogens with two attached hydrogens (primary N) is 2. The van der Waals surface area contributed by atoms with Crippen LogP contribution < -0.4 is 22.1 Å². The van der Waals surface area contributed by atoms with Gasteiger partial charge in [0.15, 0.2) is 0 Å². The Labute approximate surface area is 212 Å². The molecule has 0 spiro atoms. The molecule has 6 N–H and O–H groups in total. The highest BCUT2D eigenvalue weighted by Gasteiger charge is 2.45. The molecular weight excluding hydrogens is 468 g/mol. The molecular formula is C25H41F2N7O2. The van der Waals surface area contributed by atoms with Gasteiger partial charge >= 0.3 is 0 Å². The number of aliphatic imine (C=N–C) groups is 1. The third-order valence-electron chi connectivity index (χ3n) is 8.63. The van der Waals surface area contributed by atoms with Crippen LogP contribution in [0.1, 0.15) is 46.0 Å². The molecule has 11 heteroatoms. The zero-order valence-corrected chi connectivity index (χ0v) is 21.3. The summed E-state index contributed by atoms with van der Waals surface area (Å²) in [6.07, 6.45) is 3.63. The number of nitrogens with zero attached hydrogens (tertiary/aromatic N) is 3. The molecule has 0 radical (unpaired) electrons. The number of halogens is 2. The van der Waals surface area contributed by atoms with Crippen LogP contribution in [0, 0.1) is 11.3 Å². The maximum Gasteiger partial charge on any atom is 0.228 e. The van der Waals surface area contributed by atoms with Crippen molar-refractivity contribution in [1.29, 1.82) is 0 Å². The van der Waals surface area contributed by atoms with E-state index in [4.69, 9.17) is 11.5 Å². The lowest BCUT2D eigenvalue weighted by atomic mass is 9.74. The number of nitrogens with one attached hydrogen (secondary N) is 2. The van der Waals surface area contributed by atoms with E-state index in [1.165, 1.54) is 6.08 Å². The van der Waals surface area contributed by atoms with Crippen LogP contribution >= 0.6 is 0 Å². The molecule has 7 unspecified atom stereocenters. The van der Waals surface area contributed by atoms with Gasteiger partial charge in [-0.05, 0) is 30.8 Å². The molecule has 0 aliphatic carbocycles. The fraction of sp³-hybridized carbons (Fsp3) is 0.800. The van der Waals surface area contributed by atoms with Gasteiger partial charge in [0, 0.05) is 45.2 Å². The largest absolute Gasteiger partial charge is 0.350 e. The number of amides is 2. The van der Waals surface area contributed by atoms with Crippen LogP contribution in [0.2, 0.25) is 0 Å². The minimum absolute atomic E-state index is 0.0915. The first-order valence-electron chi connectivity index (χ1n) is 13.2. The first-order chi connectivity index (χ1) is 17.1. The number of piperidine rings is 1. The molecule has 202 valence electrons. The van der Waals surface area contributed by atoms with E-state index in [1.54, 1.807) is 0 Å². The van der Waals surface area contributed by atoms with Crippen molar-refractivity contribution in [2.45, 2.75) is 82.5 Å². The van der Waals surface area contributed by atoms with Gasteiger partial charge in [-0.15, -0.1) is 0 Å². The Morgan fingerprint density at radius 1 is 1.36 bits per heavy atom. The molecule has 36 heavy (non-hydrogen) atoms. The van der Waals surface area contributed by atoms with Gasteiger partial charge < -0.3 is 27.0 Å². The number of carbonyl (C=O) groups excluding carboxylic acids is 2. The smallest absolute Gasteiger partial charge is 0.228 e. The van der Waals surface area contributed by atoms with Gasteiger partial charge in [0.25, 0.3) is 0 Å². The van der Waals surface area contributed by atoms with Gasteiger partial charge in [-0.1, -0.05) is 20.3 Å². The highest BCUT2D eigenvalue weighted by molar-refractivity contribution is 5.82. The topological polar surface area (TPSA) is 129 Å². The number of alkyl halides is 1. The first-order valence-corrected chi connectivity index (χ1v) is 13.2. The summed E-state index contributed by atoms with van der Waals surface area (Å²) in [5, 5.41) is 6.11. The molecule has 4 aliphatic rings. The van der Waals surface area contributed by atoms with Crippen molar-refractivity contribution in [1.82, 2.24) is 20.4 Å². The normalized spacial score (nSPS) is 38.2. The van der Waals surface area contributed by atoms with Gasteiger partial charge in [0.1, 0.15) is 12.0 Å². The van der Waals surface area contributed by atoms with Crippen LogP contribution in [0.4, 0.5) is 8.78 Å². The molecule has 0 aromatic heterocycles. The molecule has 2 amide bonds. The van der Waals surface area contributed by atoms with Gasteiger partial charge in [0.2, 0.25) is 11.8 Å². The summed E-state index contributed by atoms with van der Waals surface area (Å²) in [5.74, 6) is -1.55. The summed E-state index contributed by atoms with van der Waals surface area (Å²) in [6, 6.07) is -1.53. The van der Waals surface area contributed by atoms with E-state index in [2.05, 4.69) is 20.5 Å². The second-order valence-corrected chi connectivity index (χ2v) is 11.2. The van der Waals surface area contributed by atoms with Crippen LogP contribution in [-0.4, -0.2) is 97.1 Å². The summed E-state index contributed by atoms with van der Waals surface area (Å²) < 4.78 is 29.5. The Kier molecular flexibility index (Phi) is 8.43. The van der Waals surface area contributed by atoms with Crippen molar-refractivity contribution in [3.8, 4) is 0 Å². The number of hydrogen-bond acceptors (Lipinski definition) is 7. The van der Waals surface area contributed by atoms with E-state index in [1.807, 2.05) is 18.7 Å². The summed E-state index contributed by atoms with van der Waals surface area (Å²) in [5.41, 5.74) is 11.9. The second-order valence-electron chi connectivity index (χ2n) is 11.2. The van der Waals surface area contributed by atoms with E-state index in [9.17, 15) is 14.0 Å². The lowest BCUT2D eigenvalue weighted by molar-refractivity contribution is -0.131. The van der Waals surface area contributed by atoms with Crippen molar-refractivity contribution in [2.75, 3.05) is 32.7 Å². The summed E-state index contributed by atoms with van der Waals surface area (Å²) in [6.45, 7) is 6.41. The average molecular weight is 510 g/mol. The molecule has 4 heterocycles. The Morgan fingerprint density at radius 2 is 2.14 bits per heavy atom. The van der Waals surface area contributed by atoms with E-state index >= 15 is 4.39 Å². The molecule has 3 saturated heterocycles. The minimum Gasteiger partial charge on any atom is -0.350 e. The number of fused-ring (bicyclic) bond motifs is 1. The minimum atomic E-state index is -1.18. The molecule has 3 fully saturated rings. The quantitative estimate of drug-likeness (QED) is 0.385. The Morgan fingerprint density at radius 3 is 2.86 bits per heavy atom. The average Bonchev–Trinajstić information content (AvgIpc) is 3.20. The van der Waals surface area contributed by atoms with Gasteiger partial charge in [-0.2, -0.15) is 0 Å². The summed E-state index contributed by atoms with van der Waals surface area (Å²) >= 11 is 0. The number of carbonyl (C=O) groups is 2. The summed E-state index contributed by atoms with van der Waals surface area (Å²) in [4.78, 5) is 34.1. The maximum atomic E-state index is 15.3. The van der Waals surface area contributed by atoms with Crippen molar-refractivity contribution >= 4 is 18.0 Å². The standard InChI is InChI=1S/C25H41F2N7O2/c1-3-25(2)7-6-15(26)11-31-18(10-25)21(23(28)29)24(36)32-19-13-30-12-17(27)22(19)33-8-9-34-16(14-33)4-5-20(34)35/h6,11,16-19,21-23,30H,3-5,7-10,12-14,28-29H2,1-2H3,(H,32,36)/b15-6+,31-11?. The predicted octanol–water partition coefficient (Wildman–Crippen LogP) is 0.450. The second kappa shape index (κ2) is 11.2. The number of allylic oxidation sites excluding steroid dienone is 2. The highest BCUT2D eigenvalue weighted by Crippen LogP contribution is 2.37. The lowest BCUT2D eigenvalue weighted by Crippen LogP contribution is -2.69. The first kappa shape index (κ1) is 27.1. The Bertz CT molecular complexity index is 884. The third kappa shape index (κ3) is 5.79. The van der Waals surface area contributed by atoms with E-state index in [0.717, 1.165) is 19.1 Å². The predicted molar refractivity (Wildman–Crippen MR) is 135 cm³/mol. The monoisotopic (exact) mass is 509 g/mol. The zero-order chi connectivity index (χ0) is 26.0. The Balaban J connectivity index is 1.51. The fourth-order valence-electron chi connectivity index (χ4n) is 6.25. The summed E-state index contributed by atoms with van der Waals surface area (Å²) in [7, 11) is 0. The highest BCUT2D eigenvalue weighted by atomic mass is 19.1. The Hall–Kier alpha value is -1.95. The molecule has 0 aromatic carbocycles. The fourth-order valence-corrected chi connectivity index (χ4v) is 6.25. The van der Waals surface area contributed by atoms with Crippen LogP contribution in [0.3, 0.4) is 0 Å². The number of hydrogen-bond donors (Lipinski definition) is 4. The molecule has 9 nitrogen and oxygen atoms in total. The van der Waals surface area contributed by atoms with Crippen molar-refractivity contribution in [3.05, 3.63) is 11.9 Å². The van der Waals surface area contributed by atoms with Crippen LogP contribution in [0.5, 0.6) is 0 Å². The van der Waals surface area contributed by atoms with Crippen LogP contribution in [0.25, 0.3) is 0 Å². The maximum absolute atomic E-state index is 15.3.